The number of aliphatic carboxylic acids is 1. The standard InChI is InChI=1S/C27H33ClO4/c1-16(2)19-11-18(5)25(23(12-19)31-14-24(29)30)26-22(17(3)4)13-27(6,15-32-26)20-7-9-21(28)10-8-20/h7-12,16,22,26H,3,13-15H2,1-2,4-6H3,(H,29,30)/t22-,26+,27-/m0/s1. The Morgan fingerprint density at radius 3 is 2.53 bits per heavy atom. The number of halogens is 1. The molecular formula is C27H33ClO4. The van der Waals surface area contributed by atoms with Crippen LogP contribution in [-0.2, 0) is 14.9 Å². The molecule has 0 saturated carbocycles. The van der Waals surface area contributed by atoms with Crippen molar-refractivity contribution in [2.45, 2.75) is 58.5 Å². The maximum absolute atomic E-state index is 11.2. The summed E-state index contributed by atoms with van der Waals surface area (Å²) in [4.78, 5) is 11.2. The number of ether oxygens (including phenoxy) is 2. The summed E-state index contributed by atoms with van der Waals surface area (Å²) in [5.74, 6) is -0.0603. The zero-order valence-electron chi connectivity index (χ0n) is 19.6. The molecule has 0 unspecified atom stereocenters. The molecular weight excluding hydrogens is 424 g/mol. The van der Waals surface area contributed by atoms with E-state index in [-0.39, 0.29) is 24.0 Å². The molecule has 172 valence electrons. The maximum Gasteiger partial charge on any atom is 0.341 e. The fraction of sp³-hybridized carbons (Fsp3) is 0.444. The van der Waals surface area contributed by atoms with E-state index in [2.05, 4.69) is 45.5 Å². The molecule has 1 saturated heterocycles. The SMILES string of the molecule is C=C(C)[C@@H]1C[C@](C)(c2ccc(Cl)cc2)CO[C@H]1c1c(C)cc(C(C)C)cc1OCC(=O)O. The highest BCUT2D eigenvalue weighted by Crippen LogP contribution is 2.49. The third-order valence-corrected chi connectivity index (χ3v) is 6.72. The molecule has 0 bridgehead atoms. The first-order valence-corrected chi connectivity index (χ1v) is 11.4. The number of benzene rings is 2. The number of aryl methyl sites for hydroxylation is 1. The molecule has 3 atom stereocenters. The Kier molecular flexibility index (Phi) is 7.36. The van der Waals surface area contributed by atoms with Crippen LogP contribution in [0.5, 0.6) is 5.75 Å². The van der Waals surface area contributed by atoms with E-state index in [0.717, 1.165) is 28.7 Å². The van der Waals surface area contributed by atoms with Gasteiger partial charge in [0.05, 0.1) is 12.7 Å². The van der Waals surface area contributed by atoms with Crippen LogP contribution in [0.2, 0.25) is 5.02 Å². The van der Waals surface area contributed by atoms with E-state index in [4.69, 9.17) is 21.1 Å². The summed E-state index contributed by atoms with van der Waals surface area (Å²) >= 11 is 6.10. The first kappa shape index (κ1) is 24.3. The van der Waals surface area contributed by atoms with Crippen molar-refractivity contribution in [2.75, 3.05) is 13.2 Å². The van der Waals surface area contributed by atoms with E-state index < -0.39 is 5.97 Å². The molecule has 2 aromatic rings. The Bertz CT molecular complexity index is 995. The normalized spacial score (nSPS) is 23.2. The first-order valence-electron chi connectivity index (χ1n) is 11.0. The minimum atomic E-state index is -1.00. The number of hydrogen-bond donors (Lipinski definition) is 1. The van der Waals surface area contributed by atoms with Gasteiger partial charge in [0.15, 0.2) is 6.61 Å². The molecule has 3 rings (SSSR count). The first-order chi connectivity index (χ1) is 15.0. The number of carboxylic acids is 1. The summed E-state index contributed by atoms with van der Waals surface area (Å²) in [6.07, 6.45) is 0.608. The van der Waals surface area contributed by atoms with Crippen molar-refractivity contribution in [3.05, 3.63) is 75.8 Å². The topological polar surface area (TPSA) is 55.8 Å². The monoisotopic (exact) mass is 456 g/mol. The molecule has 2 aromatic carbocycles. The van der Waals surface area contributed by atoms with Crippen LogP contribution in [0.25, 0.3) is 0 Å². The molecule has 1 N–H and O–H groups in total. The third kappa shape index (κ3) is 5.19. The van der Waals surface area contributed by atoms with Gasteiger partial charge in [-0.05, 0) is 61.1 Å². The number of rotatable bonds is 7. The van der Waals surface area contributed by atoms with Gasteiger partial charge >= 0.3 is 5.97 Å². The van der Waals surface area contributed by atoms with Gasteiger partial charge in [-0.15, -0.1) is 0 Å². The van der Waals surface area contributed by atoms with E-state index in [1.807, 2.05) is 32.0 Å². The van der Waals surface area contributed by atoms with Gasteiger partial charge in [-0.2, -0.15) is 0 Å². The molecule has 1 fully saturated rings. The Labute approximate surface area is 196 Å². The smallest absolute Gasteiger partial charge is 0.341 e. The lowest BCUT2D eigenvalue weighted by Crippen LogP contribution is -2.40. The quantitative estimate of drug-likeness (QED) is 0.463. The largest absolute Gasteiger partial charge is 0.482 e. The van der Waals surface area contributed by atoms with Crippen molar-refractivity contribution in [2.24, 2.45) is 5.92 Å². The van der Waals surface area contributed by atoms with Gasteiger partial charge in [-0.1, -0.05) is 62.7 Å². The second kappa shape index (κ2) is 9.68. The summed E-state index contributed by atoms with van der Waals surface area (Å²) in [6.45, 7) is 14.9. The Hall–Kier alpha value is -2.30. The molecule has 0 spiro atoms. The van der Waals surface area contributed by atoms with E-state index in [0.29, 0.717) is 23.3 Å². The van der Waals surface area contributed by atoms with Crippen molar-refractivity contribution < 1.29 is 19.4 Å². The van der Waals surface area contributed by atoms with Crippen LogP contribution in [0.1, 0.15) is 68.4 Å². The van der Waals surface area contributed by atoms with Crippen LogP contribution in [0.3, 0.4) is 0 Å². The summed E-state index contributed by atoms with van der Waals surface area (Å²) < 4.78 is 12.3. The third-order valence-electron chi connectivity index (χ3n) is 6.47. The van der Waals surface area contributed by atoms with Crippen molar-refractivity contribution in [1.82, 2.24) is 0 Å². The van der Waals surface area contributed by atoms with E-state index >= 15 is 0 Å². The zero-order chi connectivity index (χ0) is 23.6. The summed E-state index contributed by atoms with van der Waals surface area (Å²) in [5, 5.41) is 9.91. The number of hydrogen-bond acceptors (Lipinski definition) is 3. The summed E-state index contributed by atoms with van der Waals surface area (Å²) in [7, 11) is 0. The van der Waals surface area contributed by atoms with Gasteiger partial charge < -0.3 is 14.6 Å². The van der Waals surface area contributed by atoms with Crippen LogP contribution in [0, 0.1) is 12.8 Å². The van der Waals surface area contributed by atoms with Gasteiger partial charge in [0.2, 0.25) is 0 Å². The van der Waals surface area contributed by atoms with Crippen molar-refractivity contribution in [3.63, 3.8) is 0 Å². The second-order valence-corrected chi connectivity index (χ2v) is 9.98. The van der Waals surface area contributed by atoms with Gasteiger partial charge in [-0.3, -0.25) is 0 Å². The van der Waals surface area contributed by atoms with Gasteiger partial charge in [-0.25, -0.2) is 4.79 Å². The van der Waals surface area contributed by atoms with Crippen LogP contribution in [0.4, 0.5) is 0 Å². The second-order valence-electron chi connectivity index (χ2n) is 9.54. The van der Waals surface area contributed by atoms with Gasteiger partial charge in [0, 0.05) is 21.9 Å². The van der Waals surface area contributed by atoms with Gasteiger partial charge in [0.25, 0.3) is 0 Å². The average Bonchev–Trinajstić information content (AvgIpc) is 2.72. The summed E-state index contributed by atoms with van der Waals surface area (Å²) in [5.41, 5.74) is 5.11. The molecule has 5 heteroatoms. The van der Waals surface area contributed by atoms with Gasteiger partial charge in [0.1, 0.15) is 5.75 Å². The Morgan fingerprint density at radius 1 is 1.31 bits per heavy atom. The molecule has 1 aliphatic rings. The summed E-state index contributed by atoms with van der Waals surface area (Å²) in [6, 6.07) is 12.1. The zero-order valence-corrected chi connectivity index (χ0v) is 20.3. The molecule has 0 amide bonds. The minimum Gasteiger partial charge on any atom is -0.482 e. The van der Waals surface area contributed by atoms with Crippen molar-refractivity contribution >= 4 is 17.6 Å². The molecule has 4 nitrogen and oxygen atoms in total. The van der Waals surface area contributed by atoms with E-state index in [9.17, 15) is 9.90 Å². The predicted molar refractivity (Wildman–Crippen MR) is 129 cm³/mol. The number of carbonyl (C=O) groups is 1. The Balaban J connectivity index is 2.02. The highest BCUT2D eigenvalue weighted by atomic mass is 35.5. The Morgan fingerprint density at radius 2 is 1.97 bits per heavy atom. The molecule has 0 aromatic heterocycles. The molecule has 0 aliphatic carbocycles. The molecule has 1 heterocycles. The average molecular weight is 457 g/mol. The highest BCUT2D eigenvalue weighted by Gasteiger charge is 2.42. The van der Waals surface area contributed by atoms with Crippen molar-refractivity contribution in [1.29, 1.82) is 0 Å². The maximum atomic E-state index is 11.2. The minimum absolute atomic E-state index is 0.0557. The highest BCUT2D eigenvalue weighted by molar-refractivity contribution is 6.30. The van der Waals surface area contributed by atoms with Crippen LogP contribution < -0.4 is 4.74 Å². The van der Waals surface area contributed by atoms with E-state index in [1.165, 1.54) is 5.56 Å². The van der Waals surface area contributed by atoms with Crippen LogP contribution in [0.15, 0.2) is 48.6 Å². The lowest BCUT2D eigenvalue weighted by Gasteiger charge is -2.44. The molecule has 0 radical (unpaired) electrons. The molecule has 32 heavy (non-hydrogen) atoms. The fourth-order valence-electron chi connectivity index (χ4n) is 4.56. The molecule has 1 aliphatic heterocycles. The lowest BCUT2D eigenvalue weighted by molar-refractivity contribution is -0.139. The van der Waals surface area contributed by atoms with E-state index in [1.54, 1.807) is 0 Å². The van der Waals surface area contributed by atoms with Crippen LogP contribution >= 0.6 is 11.6 Å². The lowest BCUT2D eigenvalue weighted by atomic mass is 9.69. The van der Waals surface area contributed by atoms with Crippen molar-refractivity contribution in [3.8, 4) is 5.75 Å². The number of carboxylic acid groups (broad SMARTS) is 1. The van der Waals surface area contributed by atoms with Crippen LogP contribution in [-0.4, -0.2) is 24.3 Å². The predicted octanol–water partition coefficient (Wildman–Crippen LogP) is 6.85. The fourth-order valence-corrected chi connectivity index (χ4v) is 4.69.